The molecule has 0 amide bonds. The molecule has 2 aromatic carbocycles. The number of nitrogens with zero attached hydrogens (tertiary/aromatic N) is 4. The third-order valence-corrected chi connectivity index (χ3v) is 11.6. The maximum absolute atomic E-state index is 9.36. The monoisotopic (exact) mass is 713 g/mol. The van der Waals surface area contributed by atoms with E-state index in [9.17, 15) is 10.2 Å². The summed E-state index contributed by atoms with van der Waals surface area (Å²) in [5, 5.41) is 18.7. The summed E-state index contributed by atoms with van der Waals surface area (Å²) in [6, 6.07) is 17.6. The van der Waals surface area contributed by atoms with Gasteiger partial charge in [0.15, 0.2) is 18.9 Å². The minimum atomic E-state index is 0.165. The molecule has 2 heterocycles. The summed E-state index contributed by atoms with van der Waals surface area (Å²) < 4.78 is 2.27. The lowest BCUT2D eigenvalue weighted by Gasteiger charge is -2.23. The van der Waals surface area contributed by atoms with Crippen LogP contribution in [-0.4, -0.2) is 79.1 Å². The molecule has 1 aromatic heterocycles. The Balaban J connectivity index is 1.17. The summed E-state index contributed by atoms with van der Waals surface area (Å²) >= 11 is 0. The number of pyridine rings is 1. The largest absolute Gasteiger partial charge is 0.395 e. The van der Waals surface area contributed by atoms with Gasteiger partial charge >= 0.3 is 0 Å². The van der Waals surface area contributed by atoms with E-state index >= 15 is 0 Å². The Hall–Kier alpha value is -3.43. The molecule has 1 aliphatic rings. The van der Waals surface area contributed by atoms with Gasteiger partial charge in [-0.2, -0.15) is 0 Å². The quantitative estimate of drug-likeness (QED) is 0.0742. The lowest BCUT2D eigenvalue weighted by molar-refractivity contribution is -0.692. The van der Waals surface area contributed by atoms with Crippen molar-refractivity contribution in [2.75, 3.05) is 73.8 Å². The van der Waals surface area contributed by atoms with E-state index in [1.165, 1.54) is 44.5 Å². The van der Waals surface area contributed by atoms with Crippen LogP contribution in [0.15, 0.2) is 90.4 Å². The Morgan fingerprint density at radius 3 is 1.86 bits per heavy atom. The van der Waals surface area contributed by atoms with Crippen LogP contribution in [0.5, 0.6) is 0 Å². The summed E-state index contributed by atoms with van der Waals surface area (Å²) in [4.78, 5) is 6.79. The molecule has 0 aliphatic carbocycles. The summed E-state index contributed by atoms with van der Waals surface area (Å²) in [6.45, 7) is 19.3. The molecule has 50 heavy (non-hydrogen) atoms. The van der Waals surface area contributed by atoms with Gasteiger partial charge in [0.05, 0.1) is 19.0 Å². The number of allylic oxidation sites excluding steroid dienone is 4. The smallest absolute Gasteiger partial charge is 0.169 e. The van der Waals surface area contributed by atoms with Crippen LogP contribution >= 0.6 is 21.6 Å². The van der Waals surface area contributed by atoms with E-state index in [0.29, 0.717) is 13.1 Å². The van der Waals surface area contributed by atoms with Gasteiger partial charge in [-0.15, -0.1) is 0 Å². The maximum atomic E-state index is 9.36. The number of hydrogen-bond donors (Lipinski definition) is 2. The molecule has 0 fully saturated rings. The highest BCUT2D eigenvalue weighted by molar-refractivity contribution is 8.76. The highest BCUT2D eigenvalue weighted by atomic mass is 33.1. The molecule has 0 radical (unpaired) electrons. The molecular formula is C42H57N4O2S2+. The van der Waals surface area contributed by atoms with Crippen molar-refractivity contribution < 1.29 is 14.8 Å². The van der Waals surface area contributed by atoms with Gasteiger partial charge < -0.3 is 24.9 Å². The van der Waals surface area contributed by atoms with Crippen molar-refractivity contribution >= 4 is 50.7 Å². The van der Waals surface area contributed by atoms with Gasteiger partial charge in [0.25, 0.3) is 0 Å². The van der Waals surface area contributed by atoms with Crippen molar-refractivity contribution in [2.45, 2.75) is 48.1 Å². The fourth-order valence-electron chi connectivity index (χ4n) is 6.12. The standard InChI is InChI=1S/C42H57N4O2S2/c1-7-45(21-25-47)41-11-9-39(35(5)31-41)29-33(3)37-13-17-43(18-14-37)23-27-49-50-28-24-44-19-15-38(16-20-44)34(4)30-40-10-12-42(32-36(40)6)46(8-2)22-26-48/h9-19,29-32,47-48H,7-8,20-28H2,1-6H3/q+1/b34-30+. The number of likely N-dealkylation sites (N-methyl/N-ethyl adjacent to an activating group) is 2. The first-order chi connectivity index (χ1) is 24.3. The molecule has 268 valence electrons. The van der Waals surface area contributed by atoms with Crippen molar-refractivity contribution in [1.29, 1.82) is 0 Å². The van der Waals surface area contributed by atoms with Crippen molar-refractivity contribution in [2.24, 2.45) is 0 Å². The van der Waals surface area contributed by atoms with Gasteiger partial charge in [0, 0.05) is 68.5 Å². The highest BCUT2D eigenvalue weighted by Gasteiger charge is 2.10. The van der Waals surface area contributed by atoms with Crippen LogP contribution in [0.25, 0.3) is 17.7 Å². The van der Waals surface area contributed by atoms with Gasteiger partial charge in [0.1, 0.15) is 0 Å². The molecular weight excluding hydrogens is 657 g/mol. The number of aryl methyl sites for hydroxylation is 3. The zero-order valence-electron chi connectivity index (χ0n) is 30.9. The average Bonchev–Trinajstić information content (AvgIpc) is 3.13. The first-order valence-electron chi connectivity index (χ1n) is 17.9. The molecule has 0 atom stereocenters. The van der Waals surface area contributed by atoms with E-state index in [2.05, 4.69) is 152 Å². The third kappa shape index (κ3) is 11.6. The second kappa shape index (κ2) is 20.4. The van der Waals surface area contributed by atoms with Crippen LogP contribution in [0.1, 0.15) is 55.5 Å². The second-order valence-electron chi connectivity index (χ2n) is 12.8. The molecule has 6 nitrogen and oxygen atoms in total. The third-order valence-electron chi connectivity index (χ3n) is 9.27. The van der Waals surface area contributed by atoms with E-state index in [1.807, 2.05) is 21.6 Å². The van der Waals surface area contributed by atoms with Crippen LogP contribution in [-0.2, 0) is 6.54 Å². The summed E-state index contributed by atoms with van der Waals surface area (Å²) in [5.74, 6) is 2.16. The number of aliphatic hydroxyl groups is 2. The molecule has 0 saturated heterocycles. The van der Waals surface area contributed by atoms with Crippen molar-refractivity contribution in [3.63, 3.8) is 0 Å². The van der Waals surface area contributed by atoms with Crippen LogP contribution in [0.4, 0.5) is 11.4 Å². The molecule has 0 unspecified atom stereocenters. The van der Waals surface area contributed by atoms with Crippen molar-refractivity contribution in [3.05, 3.63) is 118 Å². The van der Waals surface area contributed by atoms with Crippen LogP contribution in [0.2, 0.25) is 0 Å². The van der Waals surface area contributed by atoms with Crippen LogP contribution < -0.4 is 14.4 Å². The molecule has 8 heteroatoms. The van der Waals surface area contributed by atoms with E-state index in [-0.39, 0.29) is 13.2 Å². The molecule has 0 spiro atoms. The zero-order chi connectivity index (χ0) is 35.9. The van der Waals surface area contributed by atoms with E-state index in [0.717, 1.165) is 55.6 Å². The van der Waals surface area contributed by atoms with E-state index in [4.69, 9.17) is 0 Å². The lowest BCUT2D eigenvalue weighted by Crippen LogP contribution is -2.33. The lowest BCUT2D eigenvalue weighted by atomic mass is 9.99. The Morgan fingerprint density at radius 2 is 1.36 bits per heavy atom. The first-order valence-corrected chi connectivity index (χ1v) is 20.4. The minimum absolute atomic E-state index is 0.165. The number of anilines is 2. The van der Waals surface area contributed by atoms with E-state index in [1.54, 1.807) is 0 Å². The normalized spacial score (nSPS) is 13.5. The highest BCUT2D eigenvalue weighted by Crippen LogP contribution is 2.26. The predicted molar refractivity (Wildman–Crippen MR) is 220 cm³/mol. The van der Waals surface area contributed by atoms with Gasteiger partial charge in [-0.25, -0.2) is 4.57 Å². The first kappa shape index (κ1) is 39.4. The van der Waals surface area contributed by atoms with Gasteiger partial charge in [-0.3, -0.25) is 0 Å². The molecule has 1 aliphatic heterocycles. The topological polar surface area (TPSA) is 54.1 Å². The van der Waals surface area contributed by atoms with Crippen LogP contribution in [0.3, 0.4) is 0 Å². The van der Waals surface area contributed by atoms with E-state index < -0.39 is 0 Å². The second-order valence-corrected chi connectivity index (χ2v) is 15.5. The Kier molecular flexibility index (Phi) is 16.1. The number of hydrogen-bond acceptors (Lipinski definition) is 7. The summed E-state index contributed by atoms with van der Waals surface area (Å²) in [6.07, 6.45) is 15.8. The Labute approximate surface area is 309 Å². The Morgan fingerprint density at radius 1 is 0.800 bits per heavy atom. The molecule has 2 N–H and O–H groups in total. The number of benzene rings is 2. The fourth-order valence-corrected chi connectivity index (χ4v) is 8.11. The van der Waals surface area contributed by atoms with Gasteiger partial charge in [-0.05, 0) is 123 Å². The van der Waals surface area contributed by atoms with Gasteiger partial charge in [-0.1, -0.05) is 51.9 Å². The molecule has 4 rings (SSSR count). The molecule has 0 saturated carbocycles. The predicted octanol–water partition coefficient (Wildman–Crippen LogP) is 8.03. The summed E-state index contributed by atoms with van der Waals surface area (Å²) in [7, 11) is 3.90. The number of aliphatic hydroxyl groups excluding tert-OH is 2. The molecule has 3 aromatic rings. The van der Waals surface area contributed by atoms with Crippen molar-refractivity contribution in [1.82, 2.24) is 4.90 Å². The van der Waals surface area contributed by atoms with Crippen molar-refractivity contribution in [3.8, 4) is 0 Å². The zero-order valence-corrected chi connectivity index (χ0v) is 32.6. The molecule has 0 bridgehead atoms. The van der Waals surface area contributed by atoms with Crippen LogP contribution in [0, 0.1) is 13.8 Å². The van der Waals surface area contributed by atoms with Gasteiger partial charge in [0.2, 0.25) is 0 Å². The average molecular weight is 714 g/mol. The fraction of sp³-hybridized carbons (Fsp3) is 0.405. The number of rotatable bonds is 19. The minimum Gasteiger partial charge on any atom is -0.395 e. The SMILES string of the molecule is CCN(CCO)c1ccc(/C=C(\C)C2=CCN(CCSSCC[n+]3ccc(/C(C)=C/c4ccc(N(CC)CCO)cc4C)cc3)C=C2)c(C)c1. The number of aromatic nitrogens is 1. The summed E-state index contributed by atoms with van der Waals surface area (Å²) in [5.41, 5.74) is 12.3. The maximum Gasteiger partial charge on any atom is 0.169 e. The Bertz CT molecular complexity index is 1650.